The Kier molecular flexibility index (Phi) is 6.93. The average molecular weight is 429 g/mol. The second-order valence-electron chi connectivity index (χ2n) is 6.89. The fraction of sp³-hybridized carbons (Fsp3) is 0.429. The molecule has 2 aromatic carbocycles. The van der Waals surface area contributed by atoms with Crippen LogP contribution in [0.15, 0.2) is 36.4 Å². The van der Waals surface area contributed by atoms with Gasteiger partial charge in [-0.15, -0.1) is 0 Å². The number of nitrogens with zero attached hydrogens (tertiary/aromatic N) is 1. The van der Waals surface area contributed by atoms with E-state index in [2.05, 4.69) is 10.2 Å². The molecule has 0 bridgehead atoms. The maximum Gasteiger partial charge on any atom is 0.417 e. The predicted molar refractivity (Wildman–Crippen MR) is 107 cm³/mol. The van der Waals surface area contributed by atoms with Gasteiger partial charge in [0.25, 0.3) is 0 Å². The van der Waals surface area contributed by atoms with Crippen molar-refractivity contribution in [3.63, 3.8) is 0 Å². The molecule has 0 saturated carbocycles. The summed E-state index contributed by atoms with van der Waals surface area (Å²) in [4.78, 5) is 2.17. The Morgan fingerprint density at radius 2 is 1.83 bits per heavy atom. The number of hydrogen-bond acceptors (Lipinski definition) is 4. The van der Waals surface area contributed by atoms with Gasteiger partial charge in [-0.25, -0.2) is 0 Å². The minimum Gasteiger partial charge on any atom is -0.497 e. The largest absolute Gasteiger partial charge is 0.497 e. The van der Waals surface area contributed by atoms with E-state index in [0.717, 1.165) is 37.7 Å². The Morgan fingerprint density at radius 1 is 1.03 bits per heavy atom. The lowest BCUT2D eigenvalue weighted by Crippen LogP contribution is -2.33. The van der Waals surface area contributed by atoms with Crippen LogP contribution in [-0.4, -0.2) is 45.3 Å². The van der Waals surface area contributed by atoms with Crippen molar-refractivity contribution >= 4 is 11.6 Å². The summed E-state index contributed by atoms with van der Waals surface area (Å²) in [5, 5.41) is 3.02. The molecule has 4 nitrogen and oxygen atoms in total. The third kappa shape index (κ3) is 4.97. The number of alkyl halides is 3. The first-order chi connectivity index (χ1) is 13.8. The molecule has 0 aromatic heterocycles. The van der Waals surface area contributed by atoms with Crippen LogP contribution in [0.4, 0.5) is 13.2 Å². The molecule has 0 aliphatic carbocycles. The maximum atomic E-state index is 13.5. The first-order valence-electron chi connectivity index (χ1n) is 9.38. The monoisotopic (exact) mass is 428 g/mol. The predicted octanol–water partition coefficient (Wildman–Crippen LogP) is 4.76. The van der Waals surface area contributed by atoms with Crippen LogP contribution in [0.25, 0.3) is 0 Å². The van der Waals surface area contributed by atoms with Crippen LogP contribution < -0.4 is 14.8 Å². The zero-order valence-corrected chi connectivity index (χ0v) is 17.1. The summed E-state index contributed by atoms with van der Waals surface area (Å²) in [5.74, 6) is 1.21. The Morgan fingerprint density at radius 3 is 2.52 bits per heavy atom. The summed E-state index contributed by atoms with van der Waals surface area (Å²) >= 11 is 5.86. The van der Waals surface area contributed by atoms with Gasteiger partial charge in [-0.2, -0.15) is 13.2 Å². The molecular weight excluding hydrogens is 405 g/mol. The third-order valence-corrected chi connectivity index (χ3v) is 5.41. The molecule has 1 saturated heterocycles. The molecule has 1 fully saturated rings. The Balaban J connectivity index is 2.17. The first-order valence-corrected chi connectivity index (χ1v) is 9.76. The molecule has 0 spiro atoms. The summed E-state index contributed by atoms with van der Waals surface area (Å²) in [6.45, 7) is 3.05. The number of methoxy groups -OCH3 is 2. The smallest absolute Gasteiger partial charge is 0.417 e. The minimum absolute atomic E-state index is 0.310. The van der Waals surface area contributed by atoms with Gasteiger partial charge in [-0.1, -0.05) is 17.7 Å². The van der Waals surface area contributed by atoms with Crippen molar-refractivity contribution in [2.24, 2.45) is 0 Å². The highest BCUT2D eigenvalue weighted by atomic mass is 35.5. The minimum atomic E-state index is -4.53. The Labute approximate surface area is 173 Å². The van der Waals surface area contributed by atoms with E-state index in [0.29, 0.717) is 23.6 Å². The van der Waals surface area contributed by atoms with Gasteiger partial charge in [0.05, 0.1) is 30.8 Å². The molecule has 2 aromatic rings. The topological polar surface area (TPSA) is 33.7 Å². The highest BCUT2D eigenvalue weighted by Crippen LogP contribution is 2.41. The molecule has 29 heavy (non-hydrogen) atoms. The molecule has 158 valence electrons. The summed E-state index contributed by atoms with van der Waals surface area (Å²) in [6.07, 6.45) is -3.64. The number of ether oxygens (including phenoxy) is 2. The number of hydrogen-bond donors (Lipinski definition) is 1. The van der Waals surface area contributed by atoms with Gasteiger partial charge in [-0.05, 0) is 48.9 Å². The van der Waals surface area contributed by atoms with Gasteiger partial charge >= 0.3 is 6.18 Å². The van der Waals surface area contributed by atoms with Gasteiger partial charge in [0.15, 0.2) is 0 Å². The van der Waals surface area contributed by atoms with Gasteiger partial charge in [0.1, 0.15) is 11.5 Å². The van der Waals surface area contributed by atoms with E-state index in [1.165, 1.54) is 6.07 Å². The first kappa shape index (κ1) is 21.7. The van der Waals surface area contributed by atoms with E-state index in [9.17, 15) is 13.2 Å². The molecule has 0 amide bonds. The standard InChI is InChI=1S/C21H24ClF3N2O2/c1-28-15-5-7-19(29-2)16(13-15)20(27-10-3-8-26-9-11-27)14-4-6-18(22)17(12-14)21(23,24)25/h4-7,12-13,20,26H,3,8-11H2,1-2H3. The average Bonchev–Trinajstić information content (AvgIpc) is 2.98. The molecule has 1 heterocycles. The molecule has 3 rings (SSSR count). The lowest BCUT2D eigenvalue weighted by molar-refractivity contribution is -0.137. The van der Waals surface area contributed by atoms with E-state index in [1.807, 2.05) is 6.07 Å². The molecule has 1 aliphatic rings. The lowest BCUT2D eigenvalue weighted by Gasteiger charge is -2.33. The second kappa shape index (κ2) is 9.24. The van der Waals surface area contributed by atoms with Crippen molar-refractivity contribution in [2.75, 3.05) is 40.4 Å². The SMILES string of the molecule is COc1ccc(OC)c(C(c2ccc(Cl)c(C(F)(F)F)c2)N2CCCNCC2)c1. The van der Waals surface area contributed by atoms with Crippen LogP contribution in [0.3, 0.4) is 0 Å². The molecule has 1 atom stereocenters. The van der Waals surface area contributed by atoms with Crippen molar-refractivity contribution in [3.05, 3.63) is 58.1 Å². The van der Waals surface area contributed by atoms with Crippen molar-refractivity contribution in [3.8, 4) is 11.5 Å². The molecule has 8 heteroatoms. The molecule has 0 radical (unpaired) electrons. The maximum absolute atomic E-state index is 13.5. The van der Waals surface area contributed by atoms with E-state index in [1.54, 1.807) is 32.4 Å². The fourth-order valence-corrected chi connectivity index (χ4v) is 3.92. The molecule has 1 N–H and O–H groups in total. The van der Waals surface area contributed by atoms with Crippen LogP contribution in [0.1, 0.15) is 29.2 Å². The van der Waals surface area contributed by atoms with Gasteiger partial charge in [-0.3, -0.25) is 4.90 Å². The Bertz CT molecular complexity index is 837. The van der Waals surface area contributed by atoms with Crippen LogP contribution in [0.5, 0.6) is 11.5 Å². The van der Waals surface area contributed by atoms with Crippen molar-refractivity contribution in [2.45, 2.75) is 18.6 Å². The normalized spacial score (nSPS) is 16.9. The summed E-state index contributed by atoms with van der Waals surface area (Å²) < 4.78 is 51.4. The number of nitrogens with one attached hydrogen (secondary N) is 1. The summed E-state index contributed by atoms with van der Waals surface area (Å²) in [7, 11) is 3.11. The lowest BCUT2D eigenvalue weighted by atomic mass is 9.94. The highest BCUT2D eigenvalue weighted by molar-refractivity contribution is 6.31. The zero-order valence-electron chi connectivity index (χ0n) is 16.4. The van der Waals surface area contributed by atoms with E-state index >= 15 is 0 Å². The second-order valence-corrected chi connectivity index (χ2v) is 7.29. The van der Waals surface area contributed by atoms with E-state index in [-0.39, 0.29) is 5.02 Å². The van der Waals surface area contributed by atoms with Gasteiger partial charge < -0.3 is 14.8 Å². The summed E-state index contributed by atoms with van der Waals surface area (Å²) in [6, 6.07) is 9.05. The number of halogens is 4. The van der Waals surface area contributed by atoms with Crippen molar-refractivity contribution in [1.82, 2.24) is 10.2 Å². The molecule has 1 aliphatic heterocycles. The van der Waals surface area contributed by atoms with Crippen LogP contribution in [0, 0.1) is 0 Å². The fourth-order valence-electron chi connectivity index (χ4n) is 3.70. The number of benzene rings is 2. The Hall–Kier alpha value is -1.96. The molecule has 1 unspecified atom stereocenters. The van der Waals surface area contributed by atoms with Crippen LogP contribution >= 0.6 is 11.6 Å². The van der Waals surface area contributed by atoms with E-state index in [4.69, 9.17) is 21.1 Å². The zero-order chi connectivity index (χ0) is 21.0. The highest BCUT2D eigenvalue weighted by Gasteiger charge is 2.35. The third-order valence-electron chi connectivity index (χ3n) is 5.08. The van der Waals surface area contributed by atoms with Crippen LogP contribution in [-0.2, 0) is 6.18 Å². The molecular formula is C21H24ClF3N2O2. The summed E-state index contributed by atoms with van der Waals surface area (Å²) in [5.41, 5.74) is 0.427. The van der Waals surface area contributed by atoms with Crippen molar-refractivity contribution in [1.29, 1.82) is 0 Å². The number of rotatable bonds is 5. The van der Waals surface area contributed by atoms with E-state index < -0.39 is 17.8 Å². The van der Waals surface area contributed by atoms with Crippen LogP contribution in [0.2, 0.25) is 5.02 Å². The van der Waals surface area contributed by atoms with Crippen molar-refractivity contribution < 1.29 is 22.6 Å². The van der Waals surface area contributed by atoms with Gasteiger partial charge in [0.2, 0.25) is 0 Å². The van der Waals surface area contributed by atoms with Gasteiger partial charge in [0, 0.05) is 25.2 Å². The quantitative estimate of drug-likeness (QED) is 0.744.